The van der Waals surface area contributed by atoms with Crippen LogP contribution in [0.1, 0.15) is 50.5 Å². The van der Waals surface area contributed by atoms with Crippen LogP contribution in [0.15, 0.2) is 30.3 Å². The first kappa shape index (κ1) is 14.1. The SMILES string of the molecule is C[C@H]1CC[C@@H](O)[C@H](N2CCC(c3ccccc3)CC2)C1. The molecule has 2 fully saturated rings. The van der Waals surface area contributed by atoms with Gasteiger partial charge < -0.3 is 5.11 Å². The second kappa shape index (κ2) is 6.28. The van der Waals surface area contributed by atoms with Crippen LogP contribution in [0.4, 0.5) is 0 Å². The third kappa shape index (κ3) is 3.07. The van der Waals surface area contributed by atoms with Crippen LogP contribution in [0, 0.1) is 5.92 Å². The molecule has 1 saturated carbocycles. The molecule has 1 aromatic rings. The molecular formula is C18H27NO. The van der Waals surface area contributed by atoms with E-state index in [1.807, 2.05) is 0 Å². The van der Waals surface area contributed by atoms with Gasteiger partial charge in [0.2, 0.25) is 0 Å². The summed E-state index contributed by atoms with van der Waals surface area (Å²) in [6.07, 6.45) is 5.74. The summed E-state index contributed by atoms with van der Waals surface area (Å²) in [7, 11) is 0. The van der Waals surface area contributed by atoms with Gasteiger partial charge >= 0.3 is 0 Å². The average Bonchev–Trinajstić information content (AvgIpc) is 2.51. The van der Waals surface area contributed by atoms with Gasteiger partial charge in [-0.3, -0.25) is 4.90 Å². The molecule has 0 aromatic heterocycles. The van der Waals surface area contributed by atoms with E-state index in [4.69, 9.17) is 0 Å². The van der Waals surface area contributed by atoms with Gasteiger partial charge in [0.05, 0.1) is 6.10 Å². The van der Waals surface area contributed by atoms with E-state index in [1.54, 1.807) is 0 Å². The van der Waals surface area contributed by atoms with E-state index in [9.17, 15) is 5.11 Å². The van der Waals surface area contributed by atoms with Gasteiger partial charge in [0.15, 0.2) is 0 Å². The smallest absolute Gasteiger partial charge is 0.0695 e. The Bertz CT molecular complexity index is 411. The zero-order valence-electron chi connectivity index (χ0n) is 12.5. The number of piperidine rings is 1. The lowest BCUT2D eigenvalue weighted by molar-refractivity contribution is -0.00436. The molecule has 20 heavy (non-hydrogen) atoms. The first-order valence-electron chi connectivity index (χ1n) is 8.21. The van der Waals surface area contributed by atoms with Gasteiger partial charge in [0, 0.05) is 6.04 Å². The lowest BCUT2D eigenvalue weighted by Crippen LogP contribution is -2.49. The Labute approximate surface area is 122 Å². The highest BCUT2D eigenvalue weighted by Gasteiger charge is 2.33. The van der Waals surface area contributed by atoms with Gasteiger partial charge in [-0.2, -0.15) is 0 Å². The fourth-order valence-corrected chi connectivity index (χ4v) is 4.02. The highest BCUT2D eigenvalue weighted by Crippen LogP contribution is 2.33. The fourth-order valence-electron chi connectivity index (χ4n) is 4.02. The molecule has 3 atom stereocenters. The van der Waals surface area contributed by atoms with E-state index >= 15 is 0 Å². The molecule has 0 spiro atoms. The number of hydrogen-bond acceptors (Lipinski definition) is 2. The van der Waals surface area contributed by atoms with Crippen LogP contribution in [-0.2, 0) is 0 Å². The third-order valence-electron chi connectivity index (χ3n) is 5.31. The molecule has 1 N–H and O–H groups in total. The molecule has 0 radical (unpaired) electrons. The number of aliphatic hydroxyl groups excluding tert-OH is 1. The summed E-state index contributed by atoms with van der Waals surface area (Å²) in [6.45, 7) is 4.62. The van der Waals surface area contributed by atoms with Gasteiger partial charge in [-0.05, 0) is 62.6 Å². The molecule has 3 rings (SSSR count). The third-order valence-corrected chi connectivity index (χ3v) is 5.31. The van der Waals surface area contributed by atoms with Crippen LogP contribution in [0.5, 0.6) is 0 Å². The molecule has 1 aromatic carbocycles. The largest absolute Gasteiger partial charge is 0.391 e. The predicted octanol–water partition coefficient (Wildman–Crippen LogP) is 3.42. The topological polar surface area (TPSA) is 23.5 Å². The summed E-state index contributed by atoms with van der Waals surface area (Å²) >= 11 is 0. The first-order chi connectivity index (χ1) is 9.74. The van der Waals surface area contributed by atoms with Gasteiger partial charge in [-0.25, -0.2) is 0 Å². The van der Waals surface area contributed by atoms with Crippen molar-refractivity contribution >= 4 is 0 Å². The van der Waals surface area contributed by atoms with Crippen LogP contribution >= 0.6 is 0 Å². The quantitative estimate of drug-likeness (QED) is 0.892. The van der Waals surface area contributed by atoms with Crippen molar-refractivity contribution in [2.75, 3.05) is 13.1 Å². The summed E-state index contributed by atoms with van der Waals surface area (Å²) in [5, 5.41) is 10.3. The maximum atomic E-state index is 10.3. The van der Waals surface area contributed by atoms with Crippen molar-refractivity contribution in [3.05, 3.63) is 35.9 Å². The minimum atomic E-state index is -0.0977. The van der Waals surface area contributed by atoms with E-state index < -0.39 is 0 Å². The highest BCUT2D eigenvalue weighted by atomic mass is 16.3. The van der Waals surface area contributed by atoms with E-state index in [-0.39, 0.29) is 6.10 Å². The van der Waals surface area contributed by atoms with E-state index in [2.05, 4.69) is 42.2 Å². The molecule has 2 aliphatic rings. The van der Waals surface area contributed by atoms with E-state index in [1.165, 1.54) is 31.2 Å². The number of likely N-dealkylation sites (tertiary alicyclic amines) is 1. The van der Waals surface area contributed by atoms with Gasteiger partial charge in [-0.1, -0.05) is 37.3 Å². The Balaban J connectivity index is 1.58. The zero-order valence-corrected chi connectivity index (χ0v) is 12.5. The summed E-state index contributed by atoms with van der Waals surface area (Å²) in [5.74, 6) is 1.49. The summed E-state index contributed by atoms with van der Waals surface area (Å²) < 4.78 is 0. The van der Waals surface area contributed by atoms with Crippen LogP contribution in [0.25, 0.3) is 0 Å². The zero-order chi connectivity index (χ0) is 13.9. The molecular weight excluding hydrogens is 246 g/mol. The molecule has 2 nitrogen and oxygen atoms in total. The van der Waals surface area contributed by atoms with Crippen LogP contribution in [0.2, 0.25) is 0 Å². The van der Waals surface area contributed by atoms with Crippen molar-refractivity contribution in [2.45, 2.75) is 57.1 Å². The maximum Gasteiger partial charge on any atom is 0.0695 e. The predicted molar refractivity (Wildman–Crippen MR) is 82.8 cm³/mol. The summed E-state index contributed by atoms with van der Waals surface area (Å²) in [5.41, 5.74) is 1.49. The Hall–Kier alpha value is -0.860. The summed E-state index contributed by atoms with van der Waals surface area (Å²) in [4.78, 5) is 2.56. The second-order valence-electron chi connectivity index (χ2n) is 6.77. The molecule has 1 aliphatic carbocycles. The molecule has 1 heterocycles. The summed E-state index contributed by atoms with van der Waals surface area (Å²) in [6, 6.07) is 11.3. The van der Waals surface area contributed by atoms with Crippen molar-refractivity contribution in [3.8, 4) is 0 Å². The number of benzene rings is 1. The highest BCUT2D eigenvalue weighted by molar-refractivity contribution is 5.20. The second-order valence-corrected chi connectivity index (χ2v) is 6.77. The minimum absolute atomic E-state index is 0.0977. The van der Waals surface area contributed by atoms with E-state index in [0.29, 0.717) is 12.0 Å². The normalized spacial score (nSPS) is 33.2. The standard InChI is InChI=1S/C18H27NO/c1-14-7-8-18(20)17(13-14)19-11-9-16(10-12-19)15-5-3-2-4-6-15/h2-6,14,16-18,20H,7-13H2,1H3/t14-,17+,18+/m0/s1. The Kier molecular flexibility index (Phi) is 4.42. The Morgan fingerprint density at radius 2 is 1.70 bits per heavy atom. The molecule has 1 aliphatic heterocycles. The molecule has 0 amide bonds. The van der Waals surface area contributed by atoms with Crippen LogP contribution < -0.4 is 0 Å². The van der Waals surface area contributed by atoms with Gasteiger partial charge in [0.1, 0.15) is 0 Å². The molecule has 0 unspecified atom stereocenters. The van der Waals surface area contributed by atoms with Gasteiger partial charge in [-0.15, -0.1) is 0 Å². The van der Waals surface area contributed by atoms with Gasteiger partial charge in [0.25, 0.3) is 0 Å². The Morgan fingerprint density at radius 1 is 1.00 bits per heavy atom. The number of rotatable bonds is 2. The van der Waals surface area contributed by atoms with Crippen molar-refractivity contribution < 1.29 is 5.11 Å². The van der Waals surface area contributed by atoms with Crippen LogP contribution in [0.3, 0.4) is 0 Å². The first-order valence-corrected chi connectivity index (χ1v) is 8.21. The molecule has 110 valence electrons. The van der Waals surface area contributed by atoms with Crippen molar-refractivity contribution in [1.82, 2.24) is 4.90 Å². The Morgan fingerprint density at radius 3 is 2.40 bits per heavy atom. The maximum absolute atomic E-state index is 10.3. The minimum Gasteiger partial charge on any atom is -0.391 e. The fraction of sp³-hybridized carbons (Fsp3) is 0.667. The molecule has 0 bridgehead atoms. The molecule has 2 heteroatoms. The average molecular weight is 273 g/mol. The van der Waals surface area contributed by atoms with Crippen molar-refractivity contribution in [1.29, 1.82) is 0 Å². The molecule has 1 saturated heterocycles. The van der Waals surface area contributed by atoms with E-state index in [0.717, 1.165) is 25.4 Å². The number of nitrogens with zero attached hydrogens (tertiary/aromatic N) is 1. The number of hydrogen-bond donors (Lipinski definition) is 1. The van der Waals surface area contributed by atoms with Crippen LogP contribution in [-0.4, -0.2) is 35.2 Å². The lowest BCUT2D eigenvalue weighted by atomic mass is 9.82. The lowest BCUT2D eigenvalue weighted by Gasteiger charge is -2.43. The number of aliphatic hydroxyl groups is 1. The van der Waals surface area contributed by atoms with Crippen molar-refractivity contribution in [3.63, 3.8) is 0 Å². The van der Waals surface area contributed by atoms with Crippen molar-refractivity contribution in [2.24, 2.45) is 5.92 Å². The monoisotopic (exact) mass is 273 g/mol.